The van der Waals surface area contributed by atoms with Gasteiger partial charge in [-0.3, -0.25) is 0 Å². The number of benzene rings is 8. The summed E-state index contributed by atoms with van der Waals surface area (Å²) in [7, 11) is 0. The first-order valence-electron chi connectivity index (χ1n) is 17.7. The summed E-state index contributed by atoms with van der Waals surface area (Å²) in [5.41, 5.74) is 12.8. The molecule has 1 heterocycles. The van der Waals surface area contributed by atoms with E-state index in [2.05, 4.69) is 166 Å². The van der Waals surface area contributed by atoms with Crippen molar-refractivity contribution in [2.45, 2.75) is 19.3 Å². The van der Waals surface area contributed by atoms with Crippen LogP contribution in [0.4, 0.5) is 0 Å². The minimum Gasteiger partial charge on any atom is -0.228 e. The predicted octanol–water partition coefficient (Wildman–Crippen LogP) is 12.9. The van der Waals surface area contributed by atoms with Gasteiger partial charge >= 0.3 is 0 Å². The molecular formula is C49H34N2. The van der Waals surface area contributed by atoms with Crippen LogP contribution in [0.15, 0.2) is 170 Å². The highest BCUT2D eigenvalue weighted by Gasteiger charge is 2.37. The molecule has 1 aliphatic carbocycles. The van der Waals surface area contributed by atoms with Gasteiger partial charge in [0.05, 0.1) is 11.4 Å². The molecule has 2 nitrogen and oxygen atoms in total. The van der Waals surface area contributed by atoms with Crippen molar-refractivity contribution >= 4 is 32.3 Å². The van der Waals surface area contributed by atoms with Crippen molar-refractivity contribution in [3.8, 4) is 56.2 Å². The standard InChI is InChI=1S/C49H34N2/c1-49(2)42-21-11-19-39(47(42)41-28-36-15-6-7-16-37(36)29-43(41)49)32-22-25-33(26-23-32)44-30-45(51-48(50-44)35-13-4-3-5-14-35)40-20-10-17-34-27-24-31-12-8-9-18-38(31)46(34)40/h3-30H,1-2H3. The normalized spacial score (nSPS) is 13.1. The fourth-order valence-corrected chi connectivity index (χ4v) is 8.26. The zero-order valence-electron chi connectivity index (χ0n) is 28.6. The van der Waals surface area contributed by atoms with Crippen LogP contribution in [0.25, 0.3) is 88.5 Å². The van der Waals surface area contributed by atoms with Gasteiger partial charge in [0, 0.05) is 22.1 Å². The Labute approximate surface area is 297 Å². The van der Waals surface area contributed by atoms with Crippen molar-refractivity contribution in [2.24, 2.45) is 0 Å². The van der Waals surface area contributed by atoms with Gasteiger partial charge in [-0.2, -0.15) is 0 Å². The summed E-state index contributed by atoms with van der Waals surface area (Å²) < 4.78 is 0. The highest BCUT2D eigenvalue weighted by Crippen LogP contribution is 2.53. The third kappa shape index (κ3) is 4.71. The van der Waals surface area contributed by atoms with E-state index in [9.17, 15) is 0 Å². The van der Waals surface area contributed by atoms with Crippen molar-refractivity contribution in [2.75, 3.05) is 0 Å². The molecule has 2 heteroatoms. The molecule has 0 saturated carbocycles. The molecule has 10 rings (SSSR count). The number of fused-ring (bicyclic) bond motifs is 7. The summed E-state index contributed by atoms with van der Waals surface area (Å²) in [5, 5.41) is 7.42. The molecular weight excluding hydrogens is 617 g/mol. The Kier molecular flexibility index (Phi) is 6.56. The Morgan fingerprint density at radius 3 is 1.84 bits per heavy atom. The van der Waals surface area contributed by atoms with E-state index >= 15 is 0 Å². The van der Waals surface area contributed by atoms with Gasteiger partial charge in [0.15, 0.2) is 5.82 Å². The van der Waals surface area contributed by atoms with Crippen LogP contribution in [0.5, 0.6) is 0 Å². The largest absolute Gasteiger partial charge is 0.228 e. The van der Waals surface area contributed by atoms with Gasteiger partial charge in [-0.05, 0) is 83.9 Å². The highest BCUT2D eigenvalue weighted by molar-refractivity contribution is 6.14. The van der Waals surface area contributed by atoms with Gasteiger partial charge < -0.3 is 0 Å². The molecule has 1 aromatic heterocycles. The Bertz CT molecular complexity index is 2810. The molecule has 0 amide bonds. The van der Waals surface area contributed by atoms with Gasteiger partial charge in [0.1, 0.15) is 0 Å². The van der Waals surface area contributed by atoms with E-state index in [0.717, 1.165) is 33.9 Å². The Morgan fingerprint density at radius 1 is 0.392 bits per heavy atom. The molecule has 0 unspecified atom stereocenters. The number of aromatic nitrogens is 2. The van der Waals surface area contributed by atoms with Crippen LogP contribution >= 0.6 is 0 Å². The van der Waals surface area contributed by atoms with E-state index < -0.39 is 0 Å². The zero-order chi connectivity index (χ0) is 34.1. The van der Waals surface area contributed by atoms with Crippen LogP contribution in [-0.4, -0.2) is 9.97 Å². The summed E-state index contributed by atoms with van der Waals surface area (Å²) in [5.74, 6) is 0.719. The first-order valence-corrected chi connectivity index (χ1v) is 17.7. The molecule has 8 aromatic carbocycles. The maximum Gasteiger partial charge on any atom is 0.160 e. The van der Waals surface area contributed by atoms with E-state index in [1.807, 2.05) is 18.2 Å². The quantitative estimate of drug-likeness (QED) is 0.177. The maximum atomic E-state index is 5.21. The summed E-state index contributed by atoms with van der Waals surface area (Å²) in [6.07, 6.45) is 0. The molecule has 0 radical (unpaired) electrons. The molecule has 0 aliphatic heterocycles. The van der Waals surface area contributed by atoms with Crippen LogP contribution in [-0.2, 0) is 5.41 Å². The van der Waals surface area contributed by atoms with Crippen molar-refractivity contribution in [3.05, 3.63) is 181 Å². The van der Waals surface area contributed by atoms with Gasteiger partial charge in [-0.15, -0.1) is 0 Å². The molecule has 51 heavy (non-hydrogen) atoms. The van der Waals surface area contributed by atoms with E-state index in [1.165, 1.54) is 65.7 Å². The van der Waals surface area contributed by atoms with E-state index in [4.69, 9.17) is 9.97 Å². The minimum atomic E-state index is -0.0806. The molecule has 0 spiro atoms. The maximum absolute atomic E-state index is 5.21. The molecule has 240 valence electrons. The summed E-state index contributed by atoms with van der Waals surface area (Å²) >= 11 is 0. The van der Waals surface area contributed by atoms with Gasteiger partial charge in [-0.25, -0.2) is 9.97 Å². The van der Waals surface area contributed by atoms with Crippen LogP contribution in [0.1, 0.15) is 25.0 Å². The Hall–Kier alpha value is -6.38. The number of hydrogen-bond acceptors (Lipinski definition) is 2. The third-order valence-corrected chi connectivity index (χ3v) is 10.9. The lowest BCUT2D eigenvalue weighted by molar-refractivity contribution is 0.661. The zero-order valence-corrected chi connectivity index (χ0v) is 28.6. The average Bonchev–Trinajstić information content (AvgIpc) is 3.42. The third-order valence-electron chi connectivity index (χ3n) is 10.9. The molecule has 9 aromatic rings. The topological polar surface area (TPSA) is 25.8 Å². The Morgan fingerprint density at radius 2 is 1.02 bits per heavy atom. The lowest BCUT2D eigenvalue weighted by atomic mass is 9.81. The monoisotopic (exact) mass is 650 g/mol. The molecule has 0 saturated heterocycles. The van der Waals surface area contributed by atoms with Crippen molar-refractivity contribution in [3.63, 3.8) is 0 Å². The highest BCUT2D eigenvalue weighted by atomic mass is 14.9. The summed E-state index contributed by atoms with van der Waals surface area (Å²) in [4.78, 5) is 10.4. The first-order chi connectivity index (χ1) is 25.0. The molecule has 0 fully saturated rings. The van der Waals surface area contributed by atoms with Gasteiger partial charge in [0.2, 0.25) is 0 Å². The second-order valence-corrected chi connectivity index (χ2v) is 14.2. The summed E-state index contributed by atoms with van der Waals surface area (Å²) in [6.45, 7) is 4.71. The second kappa shape index (κ2) is 11.3. The van der Waals surface area contributed by atoms with Gasteiger partial charge in [0.25, 0.3) is 0 Å². The predicted molar refractivity (Wildman–Crippen MR) is 214 cm³/mol. The average molecular weight is 651 g/mol. The lowest BCUT2D eigenvalue weighted by Gasteiger charge is -2.22. The fraction of sp³-hybridized carbons (Fsp3) is 0.0612. The number of hydrogen-bond donors (Lipinski definition) is 0. The fourth-order valence-electron chi connectivity index (χ4n) is 8.26. The molecule has 0 bridgehead atoms. The second-order valence-electron chi connectivity index (χ2n) is 14.2. The number of rotatable bonds is 4. The van der Waals surface area contributed by atoms with Gasteiger partial charge in [-0.1, -0.05) is 166 Å². The van der Waals surface area contributed by atoms with Crippen LogP contribution in [0, 0.1) is 0 Å². The van der Waals surface area contributed by atoms with E-state index in [-0.39, 0.29) is 5.41 Å². The molecule has 0 N–H and O–H groups in total. The molecule has 1 aliphatic rings. The van der Waals surface area contributed by atoms with Crippen LogP contribution in [0.2, 0.25) is 0 Å². The SMILES string of the molecule is CC1(C)c2cc3ccccc3cc2-c2c(-c3ccc(-c4cc(-c5cccc6ccc7ccccc7c56)nc(-c5ccccc5)n4)cc3)cccc21. The van der Waals surface area contributed by atoms with Crippen molar-refractivity contribution < 1.29 is 0 Å². The van der Waals surface area contributed by atoms with E-state index in [0.29, 0.717) is 0 Å². The van der Waals surface area contributed by atoms with Crippen molar-refractivity contribution in [1.82, 2.24) is 9.97 Å². The Balaban J connectivity index is 1.12. The minimum absolute atomic E-state index is 0.0806. The van der Waals surface area contributed by atoms with Crippen molar-refractivity contribution in [1.29, 1.82) is 0 Å². The number of nitrogens with zero attached hydrogens (tertiary/aromatic N) is 2. The molecule has 0 atom stereocenters. The van der Waals surface area contributed by atoms with E-state index in [1.54, 1.807) is 0 Å². The lowest BCUT2D eigenvalue weighted by Crippen LogP contribution is -2.14. The smallest absolute Gasteiger partial charge is 0.160 e. The first kappa shape index (κ1) is 29.5. The summed E-state index contributed by atoms with van der Waals surface area (Å²) in [6, 6.07) is 61.2. The van der Waals surface area contributed by atoms with Crippen LogP contribution < -0.4 is 0 Å². The van der Waals surface area contributed by atoms with Crippen LogP contribution in [0.3, 0.4) is 0 Å².